The van der Waals surface area contributed by atoms with Crippen LogP contribution in [0, 0.1) is 0 Å². The van der Waals surface area contributed by atoms with Gasteiger partial charge in [0.1, 0.15) is 0 Å². The summed E-state index contributed by atoms with van der Waals surface area (Å²) in [6.07, 6.45) is 0.647. The van der Waals surface area contributed by atoms with Crippen molar-refractivity contribution in [2.45, 2.75) is 52.4 Å². The second kappa shape index (κ2) is 8.39. The average Bonchev–Trinajstić information content (AvgIpc) is 3.19. The van der Waals surface area contributed by atoms with Crippen LogP contribution in [0.15, 0.2) is 36.5 Å². The number of carbonyl (C=O) groups excluding carboxylic acids is 1. The molecule has 0 fully saturated rings. The normalized spacial score (nSPS) is 14.8. The molecule has 162 valence electrons. The highest BCUT2D eigenvalue weighted by atomic mass is 16.6. The maximum Gasteiger partial charge on any atom is 0.232 e. The highest BCUT2D eigenvalue weighted by Crippen LogP contribution is 2.22. The van der Waals surface area contributed by atoms with Crippen molar-refractivity contribution in [2.75, 3.05) is 7.05 Å². The molecule has 0 amide bonds. The molecule has 3 heterocycles. The van der Waals surface area contributed by atoms with Gasteiger partial charge < -0.3 is 15.2 Å². The highest BCUT2D eigenvalue weighted by molar-refractivity contribution is 6.13. The van der Waals surface area contributed by atoms with E-state index in [0.29, 0.717) is 29.9 Å². The number of aliphatic hydroxyl groups is 1. The van der Waals surface area contributed by atoms with Gasteiger partial charge in [0.05, 0.1) is 28.1 Å². The first-order chi connectivity index (χ1) is 14.7. The first-order valence-corrected chi connectivity index (χ1v) is 10.3. The molecule has 1 aromatic carbocycles. The Labute approximate surface area is 181 Å². The van der Waals surface area contributed by atoms with E-state index in [9.17, 15) is 9.90 Å². The molecule has 1 aliphatic rings. The zero-order chi connectivity index (χ0) is 22.2. The van der Waals surface area contributed by atoms with Gasteiger partial charge in [-0.2, -0.15) is 0 Å². The molecule has 3 aromatic rings. The van der Waals surface area contributed by atoms with Crippen LogP contribution >= 0.6 is 0 Å². The lowest BCUT2D eigenvalue weighted by molar-refractivity contribution is -0.235. The minimum Gasteiger partial charge on any atom is -0.356 e. The molecule has 0 bridgehead atoms. The van der Waals surface area contributed by atoms with Gasteiger partial charge in [-0.3, -0.25) is 14.7 Å². The van der Waals surface area contributed by atoms with Crippen molar-refractivity contribution in [3.05, 3.63) is 64.9 Å². The van der Waals surface area contributed by atoms with Gasteiger partial charge >= 0.3 is 0 Å². The molecule has 2 aromatic heterocycles. The zero-order valence-corrected chi connectivity index (χ0v) is 18.2. The number of fused-ring (bicyclic) bond motifs is 2. The van der Waals surface area contributed by atoms with Gasteiger partial charge in [0.25, 0.3) is 0 Å². The molecular formula is C23H27N5O3. The molecule has 2 N–H and O–H groups in total. The molecule has 0 saturated heterocycles. The fourth-order valence-electron chi connectivity index (χ4n) is 3.49. The van der Waals surface area contributed by atoms with E-state index in [1.54, 1.807) is 24.2 Å². The summed E-state index contributed by atoms with van der Waals surface area (Å²) in [5.41, 5.74) is 3.17. The van der Waals surface area contributed by atoms with Gasteiger partial charge in [-0.1, -0.05) is 18.2 Å². The number of nitrogens with one attached hydrogen (secondary N) is 1. The Morgan fingerprint density at radius 1 is 1.23 bits per heavy atom. The predicted molar refractivity (Wildman–Crippen MR) is 116 cm³/mol. The van der Waals surface area contributed by atoms with Gasteiger partial charge in [-0.25, -0.2) is 9.97 Å². The number of ketones is 1. The van der Waals surface area contributed by atoms with Gasteiger partial charge in [-0.15, -0.1) is 0 Å². The number of carbonyl (C=O) groups is 1. The van der Waals surface area contributed by atoms with Crippen molar-refractivity contribution in [1.82, 2.24) is 25.2 Å². The minimum absolute atomic E-state index is 0.174. The number of hydrogen-bond acceptors (Lipinski definition) is 8. The summed E-state index contributed by atoms with van der Waals surface area (Å²) in [4.78, 5) is 28.3. The zero-order valence-electron chi connectivity index (χ0n) is 18.2. The summed E-state index contributed by atoms with van der Waals surface area (Å²) >= 11 is 0. The van der Waals surface area contributed by atoms with E-state index >= 15 is 0 Å². The molecule has 1 atom stereocenters. The van der Waals surface area contributed by atoms with E-state index in [-0.39, 0.29) is 11.6 Å². The Bertz CT molecular complexity index is 1130. The molecule has 0 saturated carbocycles. The Balaban J connectivity index is 1.62. The van der Waals surface area contributed by atoms with Gasteiger partial charge in [0.2, 0.25) is 18.0 Å². The van der Waals surface area contributed by atoms with Crippen LogP contribution in [-0.4, -0.2) is 49.8 Å². The van der Waals surface area contributed by atoms with Gasteiger partial charge in [-0.05, 0) is 40.0 Å². The van der Waals surface area contributed by atoms with Gasteiger partial charge in [0.15, 0.2) is 0 Å². The predicted octanol–water partition coefficient (Wildman–Crippen LogP) is 2.38. The van der Waals surface area contributed by atoms with Crippen LogP contribution in [0.2, 0.25) is 0 Å². The molecule has 0 aliphatic carbocycles. The number of para-hydroxylation sites is 1. The number of ether oxygens (including phenoxy) is 1. The van der Waals surface area contributed by atoms with Crippen molar-refractivity contribution in [3.63, 3.8) is 0 Å². The summed E-state index contributed by atoms with van der Waals surface area (Å²) < 4.78 is 5.59. The summed E-state index contributed by atoms with van der Waals surface area (Å²) in [6.45, 7) is 7.37. The number of nitrogens with zero attached hydrogens (tertiary/aromatic N) is 4. The van der Waals surface area contributed by atoms with Crippen LogP contribution in [0.4, 0.5) is 0 Å². The molecule has 0 spiro atoms. The summed E-state index contributed by atoms with van der Waals surface area (Å²) in [6, 6.07) is 9.30. The van der Waals surface area contributed by atoms with Crippen LogP contribution in [0.5, 0.6) is 0 Å². The Kier molecular flexibility index (Phi) is 5.81. The molecule has 8 heteroatoms. The molecule has 4 rings (SSSR count). The number of hydrogen-bond donors (Lipinski definition) is 2. The topological polar surface area (TPSA) is 100 Å². The van der Waals surface area contributed by atoms with E-state index in [1.165, 1.54) is 0 Å². The molecule has 0 radical (unpaired) electrons. The first kappa shape index (κ1) is 21.5. The van der Waals surface area contributed by atoms with Crippen LogP contribution in [0.1, 0.15) is 53.9 Å². The molecule has 8 nitrogen and oxygen atoms in total. The van der Waals surface area contributed by atoms with E-state index in [0.717, 1.165) is 23.2 Å². The van der Waals surface area contributed by atoms with E-state index in [4.69, 9.17) is 9.72 Å². The maximum atomic E-state index is 13.2. The van der Waals surface area contributed by atoms with Gasteiger partial charge in [0, 0.05) is 36.8 Å². The number of pyridine rings is 1. The Morgan fingerprint density at radius 2 is 2.03 bits per heavy atom. The third-order valence-electron chi connectivity index (χ3n) is 5.04. The lowest BCUT2D eigenvalue weighted by Crippen LogP contribution is -2.39. The third kappa shape index (κ3) is 4.77. The van der Waals surface area contributed by atoms with Crippen molar-refractivity contribution in [3.8, 4) is 0 Å². The minimum atomic E-state index is -1.07. The second-order valence-electron chi connectivity index (χ2n) is 8.75. The fourth-order valence-corrected chi connectivity index (χ4v) is 3.49. The Hall–Kier alpha value is -2.78. The number of aromatic nitrogens is 3. The van der Waals surface area contributed by atoms with Crippen molar-refractivity contribution in [2.24, 2.45) is 0 Å². The van der Waals surface area contributed by atoms with E-state index in [2.05, 4.69) is 15.3 Å². The lowest BCUT2D eigenvalue weighted by atomic mass is 10.0. The monoisotopic (exact) mass is 421 g/mol. The first-order valence-electron chi connectivity index (χ1n) is 10.3. The maximum absolute atomic E-state index is 13.2. The van der Waals surface area contributed by atoms with E-state index < -0.39 is 12.0 Å². The van der Waals surface area contributed by atoms with Crippen molar-refractivity contribution in [1.29, 1.82) is 0 Å². The SMILES string of the molecule is CN(Cc1ccc2cccc(C(=O)c3ncc4c(n3)CNC4)c2n1)C(O)OC(C)(C)C. The van der Waals surface area contributed by atoms with Crippen LogP contribution < -0.4 is 5.32 Å². The Morgan fingerprint density at radius 3 is 2.81 bits per heavy atom. The number of aliphatic hydroxyl groups excluding tert-OH is 1. The highest BCUT2D eigenvalue weighted by Gasteiger charge is 2.22. The number of rotatable bonds is 6. The smallest absolute Gasteiger partial charge is 0.232 e. The fraction of sp³-hybridized carbons (Fsp3) is 0.391. The lowest BCUT2D eigenvalue weighted by Gasteiger charge is -2.29. The molecular weight excluding hydrogens is 394 g/mol. The molecule has 31 heavy (non-hydrogen) atoms. The molecule has 1 unspecified atom stereocenters. The number of benzene rings is 1. The van der Waals surface area contributed by atoms with E-state index in [1.807, 2.05) is 45.0 Å². The standard InChI is InChI=1S/C23H27N5O3/c1-23(2,3)31-22(30)28(4)13-16-9-8-14-6-5-7-17(19(14)26-16)20(29)21-25-11-15-10-24-12-18(15)27-21/h5-9,11,22,24,30H,10,12-13H2,1-4H3. The second-order valence-corrected chi connectivity index (χ2v) is 8.75. The third-order valence-corrected chi connectivity index (χ3v) is 5.04. The van der Waals surface area contributed by atoms with Crippen molar-refractivity contribution < 1.29 is 14.6 Å². The summed E-state index contributed by atoms with van der Waals surface area (Å²) in [5.74, 6) is -0.0809. The quantitative estimate of drug-likeness (QED) is 0.462. The summed E-state index contributed by atoms with van der Waals surface area (Å²) in [5, 5.41) is 14.4. The van der Waals surface area contributed by atoms with Crippen LogP contribution in [0.3, 0.4) is 0 Å². The average molecular weight is 422 g/mol. The largest absolute Gasteiger partial charge is 0.356 e. The van der Waals surface area contributed by atoms with Crippen LogP contribution in [0.25, 0.3) is 10.9 Å². The summed E-state index contributed by atoms with van der Waals surface area (Å²) in [7, 11) is 1.76. The molecule has 1 aliphatic heterocycles. The van der Waals surface area contributed by atoms with Crippen molar-refractivity contribution >= 4 is 16.7 Å². The van der Waals surface area contributed by atoms with Crippen LogP contribution in [-0.2, 0) is 24.4 Å².